The lowest BCUT2D eigenvalue weighted by Crippen LogP contribution is -2.28. The molecule has 66 valence electrons. The summed E-state index contributed by atoms with van der Waals surface area (Å²) in [5, 5.41) is 3.45. The molecule has 0 aromatic carbocycles. The largest absolute Gasteiger partial charge is 0.310 e. The van der Waals surface area contributed by atoms with Gasteiger partial charge in [-0.2, -0.15) is 0 Å². The van der Waals surface area contributed by atoms with Crippen molar-refractivity contribution in [3.8, 4) is 0 Å². The average Bonchev–Trinajstić information content (AvgIpc) is 2.62. The summed E-state index contributed by atoms with van der Waals surface area (Å²) in [6.07, 6.45) is 3.47. The van der Waals surface area contributed by atoms with E-state index in [1.807, 2.05) is 6.92 Å². The topological polar surface area (TPSA) is 29.1 Å². The van der Waals surface area contributed by atoms with Gasteiger partial charge >= 0.3 is 0 Å². The molecule has 0 aromatic heterocycles. The van der Waals surface area contributed by atoms with E-state index >= 15 is 0 Å². The molecule has 0 spiro atoms. The van der Waals surface area contributed by atoms with Crippen molar-refractivity contribution in [2.75, 3.05) is 0 Å². The maximum Gasteiger partial charge on any atom is 0.162 e. The first-order chi connectivity index (χ1) is 5.68. The Kier molecular flexibility index (Phi) is 1.80. The number of rotatable bonds is 2. The molecule has 0 amide bonds. The van der Waals surface area contributed by atoms with E-state index in [1.165, 1.54) is 12.8 Å². The first-order valence-electron chi connectivity index (χ1n) is 4.64. The van der Waals surface area contributed by atoms with Crippen molar-refractivity contribution in [1.82, 2.24) is 5.32 Å². The average molecular weight is 165 g/mol. The van der Waals surface area contributed by atoms with Crippen molar-refractivity contribution in [2.45, 2.75) is 38.3 Å². The second-order valence-corrected chi connectivity index (χ2v) is 4.03. The normalized spacial score (nSPS) is 38.6. The first-order valence-corrected chi connectivity index (χ1v) is 4.64. The molecule has 2 bridgehead atoms. The standard InChI is InChI=1S/C10H15NO/c1-6(2)10(12)8-5-7-3-4-9(8)11-7/h7-9,11H,1,3-5H2,2H3. The molecule has 0 aliphatic carbocycles. The Labute approximate surface area is 73.0 Å². The fourth-order valence-electron chi connectivity index (χ4n) is 2.43. The van der Waals surface area contributed by atoms with Gasteiger partial charge in [0.1, 0.15) is 0 Å². The van der Waals surface area contributed by atoms with Gasteiger partial charge in [0.2, 0.25) is 0 Å². The van der Waals surface area contributed by atoms with Gasteiger partial charge < -0.3 is 5.32 Å². The van der Waals surface area contributed by atoms with E-state index in [-0.39, 0.29) is 11.7 Å². The Balaban J connectivity index is 2.07. The molecule has 0 radical (unpaired) electrons. The number of nitrogens with one attached hydrogen (secondary N) is 1. The zero-order valence-electron chi connectivity index (χ0n) is 7.47. The molecule has 2 nitrogen and oxygen atoms in total. The Morgan fingerprint density at radius 2 is 2.25 bits per heavy atom. The molecule has 2 fully saturated rings. The van der Waals surface area contributed by atoms with Crippen LogP contribution in [0.2, 0.25) is 0 Å². The van der Waals surface area contributed by atoms with Gasteiger partial charge in [0.15, 0.2) is 5.78 Å². The third-order valence-corrected chi connectivity index (χ3v) is 3.06. The maximum absolute atomic E-state index is 11.6. The quantitative estimate of drug-likeness (QED) is 0.624. The van der Waals surface area contributed by atoms with Crippen molar-refractivity contribution >= 4 is 5.78 Å². The van der Waals surface area contributed by atoms with Gasteiger partial charge in [-0.3, -0.25) is 4.79 Å². The molecule has 12 heavy (non-hydrogen) atoms. The van der Waals surface area contributed by atoms with Gasteiger partial charge in [-0.25, -0.2) is 0 Å². The molecule has 1 N–H and O–H groups in total. The second kappa shape index (κ2) is 2.70. The molecule has 3 unspecified atom stereocenters. The fourth-order valence-corrected chi connectivity index (χ4v) is 2.43. The van der Waals surface area contributed by atoms with Gasteiger partial charge in [-0.05, 0) is 31.8 Å². The summed E-state index contributed by atoms with van der Waals surface area (Å²) >= 11 is 0. The summed E-state index contributed by atoms with van der Waals surface area (Å²) in [6.45, 7) is 5.52. The summed E-state index contributed by atoms with van der Waals surface area (Å²) < 4.78 is 0. The highest BCUT2D eigenvalue weighted by atomic mass is 16.1. The van der Waals surface area contributed by atoms with Crippen LogP contribution < -0.4 is 5.32 Å². The monoisotopic (exact) mass is 165 g/mol. The van der Waals surface area contributed by atoms with E-state index in [4.69, 9.17) is 0 Å². The van der Waals surface area contributed by atoms with Crippen LogP contribution in [-0.4, -0.2) is 17.9 Å². The van der Waals surface area contributed by atoms with Gasteiger partial charge in [0.05, 0.1) is 0 Å². The van der Waals surface area contributed by atoms with E-state index in [0.29, 0.717) is 17.7 Å². The molecular formula is C10H15NO. The third-order valence-electron chi connectivity index (χ3n) is 3.06. The van der Waals surface area contributed by atoms with Crippen molar-refractivity contribution in [3.63, 3.8) is 0 Å². The van der Waals surface area contributed by atoms with Gasteiger partial charge in [0, 0.05) is 18.0 Å². The molecule has 2 heteroatoms. The van der Waals surface area contributed by atoms with Crippen LogP contribution in [0, 0.1) is 5.92 Å². The molecular weight excluding hydrogens is 150 g/mol. The van der Waals surface area contributed by atoms with Crippen molar-refractivity contribution in [2.24, 2.45) is 5.92 Å². The van der Waals surface area contributed by atoms with E-state index in [1.54, 1.807) is 0 Å². The number of carbonyl (C=O) groups excluding carboxylic acids is 1. The minimum Gasteiger partial charge on any atom is -0.310 e. The van der Waals surface area contributed by atoms with E-state index in [0.717, 1.165) is 6.42 Å². The maximum atomic E-state index is 11.6. The molecule has 2 aliphatic rings. The summed E-state index contributed by atoms with van der Waals surface area (Å²) in [6, 6.07) is 1.07. The molecule has 0 aromatic rings. The third kappa shape index (κ3) is 1.11. The van der Waals surface area contributed by atoms with Crippen LogP contribution in [0.25, 0.3) is 0 Å². The van der Waals surface area contributed by atoms with Crippen LogP contribution in [0.15, 0.2) is 12.2 Å². The molecule has 2 rings (SSSR count). The molecule has 0 saturated carbocycles. The minimum absolute atomic E-state index is 0.237. The predicted molar refractivity (Wildman–Crippen MR) is 47.9 cm³/mol. The van der Waals surface area contributed by atoms with E-state index in [9.17, 15) is 4.79 Å². The van der Waals surface area contributed by atoms with Crippen LogP contribution in [0.5, 0.6) is 0 Å². The smallest absolute Gasteiger partial charge is 0.162 e. The molecule has 2 heterocycles. The van der Waals surface area contributed by atoms with Crippen LogP contribution in [-0.2, 0) is 4.79 Å². The van der Waals surface area contributed by atoms with Crippen LogP contribution in [0.1, 0.15) is 26.2 Å². The van der Waals surface area contributed by atoms with E-state index < -0.39 is 0 Å². The minimum atomic E-state index is 0.237. The van der Waals surface area contributed by atoms with Crippen LogP contribution in [0.4, 0.5) is 0 Å². The Hall–Kier alpha value is -0.630. The molecule has 2 saturated heterocycles. The number of Topliss-reactive ketones (excluding diaryl/α,β-unsaturated/α-hetero) is 1. The number of hydrogen-bond acceptors (Lipinski definition) is 2. The number of fused-ring (bicyclic) bond motifs is 2. The highest BCUT2D eigenvalue weighted by molar-refractivity contribution is 5.96. The van der Waals surface area contributed by atoms with Crippen LogP contribution in [0.3, 0.4) is 0 Å². The lowest BCUT2D eigenvalue weighted by atomic mass is 9.84. The SMILES string of the molecule is C=C(C)C(=O)C1CC2CCC1N2. The highest BCUT2D eigenvalue weighted by Crippen LogP contribution is 2.34. The van der Waals surface area contributed by atoms with Crippen molar-refractivity contribution < 1.29 is 4.79 Å². The van der Waals surface area contributed by atoms with Gasteiger partial charge in [-0.15, -0.1) is 0 Å². The molecule has 2 aliphatic heterocycles. The lowest BCUT2D eigenvalue weighted by molar-refractivity contribution is -0.119. The summed E-state index contributed by atoms with van der Waals surface area (Å²) in [4.78, 5) is 11.6. The van der Waals surface area contributed by atoms with Gasteiger partial charge in [-0.1, -0.05) is 6.58 Å². The Morgan fingerprint density at radius 3 is 2.67 bits per heavy atom. The summed E-state index contributed by atoms with van der Waals surface area (Å²) in [7, 11) is 0. The summed E-state index contributed by atoms with van der Waals surface area (Å²) in [5.41, 5.74) is 0.717. The van der Waals surface area contributed by atoms with Crippen molar-refractivity contribution in [1.29, 1.82) is 0 Å². The molecule has 3 atom stereocenters. The fraction of sp³-hybridized carbons (Fsp3) is 0.700. The Morgan fingerprint density at radius 1 is 1.50 bits per heavy atom. The predicted octanol–water partition coefficient (Wildman–Crippen LogP) is 1.27. The number of ketones is 1. The van der Waals surface area contributed by atoms with Gasteiger partial charge in [0.25, 0.3) is 0 Å². The zero-order valence-corrected chi connectivity index (χ0v) is 7.47. The van der Waals surface area contributed by atoms with E-state index in [2.05, 4.69) is 11.9 Å². The summed E-state index contributed by atoms with van der Waals surface area (Å²) in [5.74, 6) is 0.510. The zero-order chi connectivity index (χ0) is 8.72. The lowest BCUT2D eigenvalue weighted by Gasteiger charge is -2.18. The number of carbonyl (C=O) groups is 1. The Bertz CT molecular complexity index is 234. The highest BCUT2D eigenvalue weighted by Gasteiger charge is 2.42. The van der Waals surface area contributed by atoms with Crippen molar-refractivity contribution in [3.05, 3.63) is 12.2 Å². The first kappa shape index (κ1) is 7.99. The number of hydrogen-bond donors (Lipinski definition) is 1. The van der Waals surface area contributed by atoms with Crippen LogP contribution >= 0.6 is 0 Å². The number of allylic oxidation sites excluding steroid dienone is 1. The second-order valence-electron chi connectivity index (χ2n) is 4.03.